The van der Waals surface area contributed by atoms with Crippen molar-refractivity contribution in [1.29, 1.82) is 0 Å². The van der Waals surface area contributed by atoms with Crippen molar-refractivity contribution in [2.45, 2.75) is 6.92 Å². The summed E-state index contributed by atoms with van der Waals surface area (Å²) in [6, 6.07) is 16.1. The van der Waals surface area contributed by atoms with Gasteiger partial charge >= 0.3 is 0 Å². The summed E-state index contributed by atoms with van der Waals surface area (Å²) in [5.41, 5.74) is 2.43. The molecule has 0 bridgehead atoms. The fourth-order valence-electron chi connectivity index (χ4n) is 2.23. The molecule has 0 unspecified atom stereocenters. The molecule has 0 aliphatic carbocycles. The van der Waals surface area contributed by atoms with Crippen molar-refractivity contribution < 1.29 is 4.39 Å². The lowest BCUT2D eigenvalue weighted by atomic mass is 10.1. The number of halogens is 2. The molecule has 0 fully saturated rings. The molecule has 4 nitrogen and oxygen atoms in total. The van der Waals surface area contributed by atoms with E-state index in [1.807, 2.05) is 43.3 Å². The highest BCUT2D eigenvalue weighted by Gasteiger charge is 2.08. The van der Waals surface area contributed by atoms with Gasteiger partial charge in [0.25, 0.3) is 0 Å². The van der Waals surface area contributed by atoms with E-state index in [9.17, 15) is 4.39 Å². The van der Waals surface area contributed by atoms with Gasteiger partial charge in [0.1, 0.15) is 11.6 Å². The molecule has 1 aromatic heterocycles. The minimum absolute atomic E-state index is 0.0595. The normalized spacial score (nSPS) is 10.5. The Bertz CT molecular complexity index is 840. The molecule has 6 heteroatoms. The summed E-state index contributed by atoms with van der Waals surface area (Å²) < 4.78 is 13.3. The Labute approximate surface area is 144 Å². The molecular weight excluding hydrogens is 327 g/mol. The average molecular weight is 343 g/mol. The maximum Gasteiger partial charge on any atom is 0.225 e. The summed E-state index contributed by atoms with van der Waals surface area (Å²) in [5.74, 6) is 0.667. The average Bonchev–Trinajstić information content (AvgIpc) is 2.59. The van der Waals surface area contributed by atoms with Crippen molar-refractivity contribution >= 4 is 29.1 Å². The molecule has 3 rings (SSSR count). The summed E-state index contributed by atoms with van der Waals surface area (Å²) in [6.45, 7) is 2.69. The second-order valence-corrected chi connectivity index (χ2v) is 5.52. The molecule has 3 aromatic rings. The van der Waals surface area contributed by atoms with Gasteiger partial charge in [-0.05, 0) is 25.1 Å². The van der Waals surface area contributed by atoms with Crippen LogP contribution in [-0.2, 0) is 0 Å². The third-order valence-electron chi connectivity index (χ3n) is 3.32. The Balaban J connectivity index is 1.97. The quantitative estimate of drug-likeness (QED) is 0.676. The van der Waals surface area contributed by atoms with Crippen molar-refractivity contribution in [3.05, 3.63) is 65.4 Å². The van der Waals surface area contributed by atoms with Crippen LogP contribution >= 0.6 is 11.6 Å². The molecule has 122 valence electrons. The van der Waals surface area contributed by atoms with Crippen LogP contribution in [0.2, 0.25) is 5.02 Å². The van der Waals surface area contributed by atoms with Gasteiger partial charge in [-0.15, -0.1) is 0 Å². The van der Waals surface area contributed by atoms with Gasteiger partial charge in [-0.25, -0.2) is 9.37 Å². The number of nitrogens with one attached hydrogen (secondary N) is 2. The van der Waals surface area contributed by atoms with Crippen molar-refractivity contribution in [2.75, 3.05) is 17.2 Å². The first kappa shape index (κ1) is 16.2. The van der Waals surface area contributed by atoms with Crippen LogP contribution in [0.5, 0.6) is 0 Å². The van der Waals surface area contributed by atoms with E-state index in [0.29, 0.717) is 24.0 Å². The number of hydrogen-bond acceptors (Lipinski definition) is 4. The van der Waals surface area contributed by atoms with E-state index in [-0.39, 0.29) is 5.02 Å². The van der Waals surface area contributed by atoms with Crippen LogP contribution in [0.3, 0.4) is 0 Å². The molecule has 0 spiro atoms. The smallest absolute Gasteiger partial charge is 0.225 e. The minimum Gasteiger partial charge on any atom is -0.354 e. The maximum atomic E-state index is 13.3. The molecule has 0 saturated carbocycles. The SMILES string of the molecule is CCNc1nc(Nc2ccc(F)c(Cl)c2)cc(-c2ccccc2)n1. The van der Waals surface area contributed by atoms with Crippen molar-refractivity contribution in [3.63, 3.8) is 0 Å². The Morgan fingerprint density at radius 3 is 2.54 bits per heavy atom. The van der Waals surface area contributed by atoms with Crippen LogP contribution in [0.1, 0.15) is 6.92 Å². The van der Waals surface area contributed by atoms with Gasteiger partial charge in [-0.3, -0.25) is 0 Å². The third-order valence-corrected chi connectivity index (χ3v) is 3.61. The Morgan fingerprint density at radius 1 is 1.04 bits per heavy atom. The molecule has 1 heterocycles. The first-order chi connectivity index (χ1) is 11.7. The molecule has 2 N–H and O–H groups in total. The number of nitrogens with zero attached hydrogens (tertiary/aromatic N) is 2. The van der Waals surface area contributed by atoms with Crippen LogP contribution in [0.25, 0.3) is 11.3 Å². The zero-order valence-corrected chi connectivity index (χ0v) is 13.8. The van der Waals surface area contributed by atoms with Gasteiger partial charge in [0.15, 0.2) is 0 Å². The highest BCUT2D eigenvalue weighted by molar-refractivity contribution is 6.31. The topological polar surface area (TPSA) is 49.8 Å². The van der Waals surface area contributed by atoms with Gasteiger partial charge in [0, 0.05) is 23.9 Å². The Hall–Kier alpha value is -2.66. The lowest BCUT2D eigenvalue weighted by molar-refractivity contribution is 0.628. The van der Waals surface area contributed by atoms with Gasteiger partial charge in [-0.1, -0.05) is 41.9 Å². The molecule has 24 heavy (non-hydrogen) atoms. The summed E-state index contributed by atoms with van der Waals surface area (Å²) in [4.78, 5) is 8.94. The summed E-state index contributed by atoms with van der Waals surface area (Å²) >= 11 is 5.83. The monoisotopic (exact) mass is 342 g/mol. The molecule has 0 radical (unpaired) electrons. The van der Waals surface area contributed by atoms with E-state index in [4.69, 9.17) is 11.6 Å². The number of anilines is 3. The highest BCUT2D eigenvalue weighted by Crippen LogP contribution is 2.25. The number of benzene rings is 2. The predicted molar refractivity (Wildman–Crippen MR) is 96.3 cm³/mol. The molecule has 2 aromatic carbocycles. The molecular formula is C18H16ClFN4. The lowest BCUT2D eigenvalue weighted by Gasteiger charge is -2.11. The number of hydrogen-bond donors (Lipinski definition) is 2. The first-order valence-electron chi connectivity index (χ1n) is 7.56. The molecule has 0 saturated heterocycles. The molecule has 0 aliphatic rings. The van der Waals surface area contributed by atoms with Crippen LogP contribution in [0.4, 0.5) is 21.8 Å². The van der Waals surface area contributed by atoms with Crippen molar-refractivity contribution in [1.82, 2.24) is 9.97 Å². The first-order valence-corrected chi connectivity index (χ1v) is 7.94. The molecule has 0 amide bonds. The standard InChI is InChI=1S/C18H16ClFN4/c1-2-21-18-23-16(12-6-4-3-5-7-12)11-17(24-18)22-13-8-9-15(20)14(19)10-13/h3-11H,2H2,1H3,(H2,21,22,23,24). The largest absolute Gasteiger partial charge is 0.354 e. The second kappa shape index (κ2) is 7.27. The Morgan fingerprint density at radius 2 is 1.83 bits per heavy atom. The zero-order valence-electron chi connectivity index (χ0n) is 13.1. The fourth-order valence-corrected chi connectivity index (χ4v) is 2.41. The molecule has 0 aliphatic heterocycles. The molecule has 0 atom stereocenters. The van der Waals surface area contributed by atoms with Gasteiger partial charge in [-0.2, -0.15) is 4.98 Å². The van der Waals surface area contributed by atoms with E-state index in [1.165, 1.54) is 12.1 Å². The van der Waals surface area contributed by atoms with Crippen LogP contribution in [-0.4, -0.2) is 16.5 Å². The highest BCUT2D eigenvalue weighted by atomic mass is 35.5. The van der Waals surface area contributed by atoms with E-state index < -0.39 is 5.82 Å². The van der Waals surface area contributed by atoms with E-state index in [1.54, 1.807) is 6.07 Å². The van der Waals surface area contributed by atoms with Crippen molar-refractivity contribution in [3.8, 4) is 11.3 Å². The van der Waals surface area contributed by atoms with Crippen LogP contribution in [0.15, 0.2) is 54.6 Å². The third kappa shape index (κ3) is 3.81. The minimum atomic E-state index is -0.455. The van der Waals surface area contributed by atoms with Gasteiger partial charge < -0.3 is 10.6 Å². The van der Waals surface area contributed by atoms with Gasteiger partial charge in [0.05, 0.1) is 10.7 Å². The van der Waals surface area contributed by atoms with E-state index in [2.05, 4.69) is 20.6 Å². The number of aromatic nitrogens is 2. The number of rotatable bonds is 5. The predicted octanol–water partition coefficient (Wildman–Crippen LogP) is 5.11. The maximum absolute atomic E-state index is 13.3. The lowest BCUT2D eigenvalue weighted by Crippen LogP contribution is -2.05. The van der Waals surface area contributed by atoms with E-state index in [0.717, 1.165) is 11.3 Å². The zero-order chi connectivity index (χ0) is 16.9. The van der Waals surface area contributed by atoms with Crippen molar-refractivity contribution in [2.24, 2.45) is 0 Å². The fraction of sp³-hybridized carbons (Fsp3) is 0.111. The summed E-state index contributed by atoms with van der Waals surface area (Å²) in [6.07, 6.45) is 0. The Kier molecular flexibility index (Phi) is 4.91. The van der Waals surface area contributed by atoms with Crippen LogP contribution in [0, 0.1) is 5.82 Å². The second-order valence-electron chi connectivity index (χ2n) is 5.11. The summed E-state index contributed by atoms with van der Waals surface area (Å²) in [7, 11) is 0. The van der Waals surface area contributed by atoms with E-state index >= 15 is 0 Å². The van der Waals surface area contributed by atoms with Gasteiger partial charge in [0.2, 0.25) is 5.95 Å². The summed E-state index contributed by atoms with van der Waals surface area (Å²) in [5, 5.41) is 6.31. The van der Waals surface area contributed by atoms with Crippen LogP contribution < -0.4 is 10.6 Å².